The zero-order valence-corrected chi connectivity index (χ0v) is 35.6. The number of amides is 6. The van der Waals surface area contributed by atoms with Crippen LogP contribution in [0.2, 0.25) is 0 Å². The number of rotatable bonds is 31. The van der Waals surface area contributed by atoms with Crippen molar-refractivity contribution >= 4 is 58.3 Å². The quantitative estimate of drug-likeness (QED) is 0.0206. The van der Waals surface area contributed by atoms with Gasteiger partial charge in [0.2, 0.25) is 35.4 Å². The molecule has 1 aromatic carbocycles. The number of carboxylic acids is 1. The number of benzene rings is 1. The number of hydrogen-bond donors (Lipinski definition) is 14. The van der Waals surface area contributed by atoms with Crippen LogP contribution in [-0.2, 0) is 40.0 Å². The summed E-state index contributed by atoms with van der Waals surface area (Å²) in [4.78, 5) is 99.4. The molecule has 0 radical (unpaired) electrons. The third-order valence-electron chi connectivity index (χ3n) is 9.95. The number of para-hydroxylation sites is 1. The molecule has 1 heterocycles. The summed E-state index contributed by atoms with van der Waals surface area (Å²) in [7, 11) is 0. The number of nitrogens with one attached hydrogen (secondary N) is 7. The Labute approximate surface area is 361 Å². The molecule has 2 aromatic rings. The second-order valence-corrected chi connectivity index (χ2v) is 15.1. The lowest BCUT2D eigenvalue weighted by Gasteiger charge is -2.27. The Balaban J connectivity index is 2.27. The summed E-state index contributed by atoms with van der Waals surface area (Å²) in [6.45, 7) is 2.20. The van der Waals surface area contributed by atoms with Crippen LogP contribution in [0.4, 0.5) is 0 Å². The van der Waals surface area contributed by atoms with Crippen LogP contribution in [-0.4, -0.2) is 126 Å². The molecule has 0 bridgehead atoms. The second kappa shape index (κ2) is 28.6. The van der Waals surface area contributed by atoms with Crippen LogP contribution >= 0.6 is 0 Å². The van der Waals surface area contributed by atoms with Gasteiger partial charge in [-0.1, -0.05) is 18.2 Å². The molecule has 62 heavy (non-hydrogen) atoms. The van der Waals surface area contributed by atoms with Crippen LogP contribution in [0.1, 0.15) is 83.1 Å². The average molecular weight is 873 g/mol. The lowest BCUT2D eigenvalue weighted by atomic mass is 10.0. The SMILES string of the molecule is C[C@H](NC(=O)CNC(=O)[C@@H](N)CCCN=C(N)N)C(=O)N[C@@H](CCCCN)C(=O)N[C@@H](Cc1c[nH]c2ccccc12)C(=O)N[C@@H](CCCCN)C(=O)N[C@@H](CCCCN)C(=O)O. The summed E-state index contributed by atoms with van der Waals surface area (Å²) < 4.78 is 0. The molecule has 6 amide bonds. The summed E-state index contributed by atoms with van der Waals surface area (Å²) in [6, 6.07) is 0.428. The van der Waals surface area contributed by atoms with Gasteiger partial charge in [0, 0.05) is 30.1 Å². The van der Waals surface area contributed by atoms with Gasteiger partial charge in [-0.25, -0.2) is 4.79 Å². The molecule has 0 aliphatic heterocycles. The first-order valence-electron chi connectivity index (χ1n) is 21.1. The predicted molar refractivity (Wildman–Crippen MR) is 235 cm³/mol. The molecule has 22 heteroatoms. The molecule has 2 rings (SSSR count). The summed E-state index contributed by atoms with van der Waals surface area (Å²) >= 11 is 0. The number of guanidine groups is 1. The number of aromatic nitrogens is 1. The van der Waals surface area contributed by atoms with Crippen molar-refractivity contribution in [3.8, 4) is 0 Å². The molecule has 0 spiro atoms. The number of aromatic amines is 1. The van der Waals surface area contributed by atoms with Gasteiger partial charge in [0.1, 0.15) is 30.2 Å². The Hall–Kier alpha value is -5.84. The highest BCUT2D eigenvalue weighted by Crippen LogP contribution is 2.20. The second-order valence-electron chi connectivity index (χ2n) is 15.1. The van der Waals surface area contributed by atoms with E-state index in [9.17, 15) is 38.7 Å². The smallest absolute Gasteiger partial charge is 0.326 e. The fourth-order valence-corrected chi connectivity index (χ4v) is 6.42. The molecule has 346 valence electrons. The molecule has 0 saturated carbocycles. The Morgan fingerprint density at radius 1 is 0.661 bits per heavy atom. The Morgan fingerprint density at radius 2 is 1.18 bits per heavy atom. The Morgan fingerprint density at radius 3 is 1.74 bits per heavy atom. The Bertz CT molecular complexity index is 1790. The summed E-state index contributed by atoms with van der Waals surface area (Å²) in [5.74, 6) is -5.47. The molecule has 0 saturated heterocycles. The van der Waals surface area contributed by atoms with Crippen molar-refractivity contribution in [2.45, 2.75) is 120 Å². The van der Waals surface area contributed by atoms with E-state index in [1.807, 2.05) is 24.3 Å². The number of aliphatic imine (C=N–C) groups is 1. The Kier molecular flexibility index (Phi) is 24.2. The van der Waals surface area contributed by atoms with Gasteiger partial charge in [-0.15, -0.1) is 0 Å². The summed E-state index contributed by atoms with van der Waals surface area (Å²) in [5.41, 5.74) is 34.9. The predicted octanol–water partition coefficient (Wildman–Crippen LogP) is -2.88. The highest BCUT2D eigenvalue weighted by molar-refractivity contribution is 5.97. The number of aliphatic carboxylic acids is 1. The molecular weight excluding hydrogens is 805 g/mol. The summed E-state index contributed by atoms with van der Waals surface area (Å²) in [6.07, 6.45) is 5.69. The van der Waals surface area contributed by atoms with Gasteiger partial charge in [-0.05, 0) is 109 Å². The van der Waals surface area contributed by atoms with Crippen LogP contribution in [0.25, 0.3) is 10.9 Å². The highest BCUT2D eigenvalue weighted by atomic mass is 16.4. The number of nitrogens with zero attached hydrogens (tertiary/aromatic N) is 1. The number of carbonyl (C=O) groups excluding carboxylic acids is 6. The molecule has 0 unspecified atom stereocenters. The number of carbonyl (C=O) groups is 7. The standard InChI is InChI=1S/C40H68N14O8/c1-24(50-33(55)23-49-35(57)27(44)12-10-20-47-40(45)46)34(56)51-29(14-4-7-17-41)37(59)54-32(21-25-22-48-28-13-3-2-11-26(25)28)38(60)52-30(15-5-8-18-42)36(58)53-31(39(61)62)16-6-9-19-43/h2-3,11,13,22,24,27,29-32,48H,4-10,12,14-21,23,41-44H2,1H3,(H,49,57)(H,50,55)(H,51,56)(H,52,60)(H,53,58)(H,54,59)(H,61,62)(H4,45,46,47)/t24-,27-,29-,30-,31-,32-/m0/s1. The fraction of sp³-hybridized carbons (Fsp3) is 0.600. The van der Waals surface area contributed by atoms with Crippen molar-refractivity contribution in [2.75, 3.05) is 32.7 Å². The number of hydrogen-bond acceptors (Lipinski definition) is 12. The third-order valence-corrected chi connectivity index (χ3v) is 9.95. The molecule has 1 aromatic heterocycles. The number of H-pyrrole nitrogens is 1. The number of unbranched alkanes of at least 4 members (excludes halogenated alkanes) is 3. The lowest BCUT2D eigenvalue weighted by Crippen LogP contribution is -2.59. The highest BCUT2D eigenvalue weighted by Gasteiger charge is 2.32. The van der Waals surface area contributed by atoms with E-state index in [4.69, 9.17) is 34.4 Å². The van der Waals surface area contributed by atoms with Gasteiger partial charge in [0.05, 0.1) is 12.6 Å². The minimum atomic E-state index is -1.28. The largest absolute Gasteiger partial charge is 0.480 e. The molecule has 0 aliphatic rings. The van der Waals surface area contributed by atoms with Crippen molar-refractivity contribution in [1.82, 2.24) is 36.9 Å². The van der Waals surface area contributed by atoms with E-state index in [2.05, 4.69) is 41.9 Å². The van der Waals surface area contributed by atoms with E-state index in [1.54, 1.807) is 6.20 Å². The molecular formula is C40H68N14O8. The number of nitrogens with two attached hydrogens (primary N) is 6. The zero-order chi connectivity index (χ0) is 46.0. The van der Waals surface area contributed by atoms with Gasteiger partial charge in [-0.2, -0.15) is 0 Å². The van der Waals surface area contributed by atoms with Gasteiger partial charge in [0.25, 0.3) is 0 Å². The monoisotopic (exact) mass is 873 g/mol. The van der Waals surface area contributed by atoms with Gasteiger partial charge in [-0.3, -0.25) is 33.8 Å². The number of fused-ring (bicyclic) bond motifs is 1. The van der Waals surface area contributed by atoms with E-state index >= 15 is 0 Å². The van der Waals surface area contributed by atoms with Gasteiger partial charge < -0.3 is 76.4 Å². The average Bonchev–Trinajstić information content (AvgIpc) is 3.65. The van der Waals surface area contributed by atoms with Crippen molar-refractivity contribution in [1.29, 1.82) is 0 Å². The maximum absolute atomic E-state index is 14.2. The van der Waals surface area contributed by atoms with Crippen molar-refractivity contribution in [3.05, 3.63) is 36.0 Å². The molecule has 6 atom stereocenters. The first-order chi connectivity index (χ1) is 29.6. The van der Waals surface area contributed by atoms with E-state index < -0.39 is 84.2 Å². The van der Waals surface area contributed by atoms with Crippen LogP contribution in [0.15, 0.2) is 35.5 Å². The minimum Gasteiger partial charge on any atom is -0.480 e. The normalized spacial score (nSPS) is 14.0. The summed E-state index contributed by atoms with van der Waals surface area (Å²) in [5, 5.41) is 26.2. The minimum absolute atomic E-state index is 0.0306. The van der Waals surface area contributed by atoms with Crippen molar-refractivity contribution in [2.24, 2.45) is 39.4 Å². The molecule has 0 fully saturated rings. The maximum atomic E-state index is 14.2. The lowest BCUT2D eigenvalue weighted by molar-refractivity contribution is -0.142. The zero-order valence-electron chi connectivity index (χ0n) is 35.6. The van der Waals surface area contributed by atoms with E-state index in [1.165, 1.54) is 6.92 Å². The molecule has 20 N–H and O–H groups in total. The first-order valence-corrected chi connectivity index (χ1v) is 21.1. The van der Waals surface area contributed by atoms with E-state index in [0.717, 1.165) is 10.9 Å². The van der Waals surface area contributed by atoms with E-state index in [-0.39, 0.29) is 44.6 Å². The van der Waals surface area contributed by atoms with Crippen LogP contribution in [0.5, 0.6) is 0 Å². The topological polar surface area (TPSA) is 396 Å². The van der Waals surface area contributed by atoms with Gasteiger partial charge in [0.15, 0.2) is 5.96 Å². The first kappa shape index (κ1) is 52.3. The van der Waals surface area contributed by atoms with Crippen LogP contribution in [0.3, 0.4) is 0 Å². The fourth-order valence-electron chi connectivity index (χ4n) is 6.42. The third kappa shape index (κ3) is 19.3. The van der Waals surface area contributed by atoms with Crippen molar-refractivity contribution < 1.29 is 38.7 Å². The van der Waals surface area contributed by atoms with Crippen LogP contribution in [0, 0.1) is 0 Å². The number of carboxylic acid groups (broad SMARTS) is 1. The maximum Gasteiger partial charge on any atom is 0.326 e. The van der Waals surface area contributed by atoms with E-state index in [0.29, 0.717) is 70.1 Å². The van der Waals surface area contributed by atoms with Gasteiger partial charge >= 0.3 is 5.97 Å². The molecule has 22 nitrogen and oxygen atoms in total. The van der Waals surface area contributed by atoms with Crippen molar-refractivity contribution in [3.63, 3.8) is 0 Å². The molecule has 0 aliphatic carbocycles. The van der Waals surface area contributed by atoms with Crippen LogP contribution < -0.4 is 66.3 Å².